The number of fused-ring (bicyclic) bond motifs is 2. The summed E-state index contributed by atoms with van der Waals surface area (Å²) < 4.78 is 24.5. The van der Waals surface area contributed by atoms with Gasteiger partial charge in [-0.15, -0.1) is 0 Å². The van der Waals surface area contributed by atoms with Crippen molar-refractivity contribution >= 4 is 18.1 Å². The van der Waals surface area contributed by atoms with E-state index in [1.54, 1.807) is 17.2 Å². The average Bonchev–Trinajstić information content (AvgIpc) is 3.14. The first kappa shape index (κ1) is 23.5. The molecule has 1 saturated carbocycles. The van der Waals surface area contributed by atoms with Gasteiger partial charge in [-0.3, -0.25) is 9.78 Å². The van der Waals surface area contributed by atoms with Gasteiger partial charge in [0.05, 0.1) is 18.2 Å². The highest BCUT2D eigenvalue weighted by atomic mass is 19.1. The van der Waals surface area contributed by atoms with E-state index >= 15 is 0 Å². The van der Waals surface area contributed by atoms with Crippen LogP contribution in [0.5, 0.6) is 0 Å². The first-order valence-electron chi connectivity index (χ1n) is 12.5. The molecule has 2 aromatic rings. The second-order valence-electron chi connectivity index (χ2n) is 9.84. The van der Waals surface area contributed by atoms with Crippen LogP contribution in [0, 0.1) is 35.4 Å². The van der Waals surface area contributed by atoms with Gasteiger partial charge in [0.1, 0.15) is 11.9 Å². The van der Waals surface area contributed by atoms with Crippen LogP contribution in [0.2, 0.25) is 0 Å². The summed E-state index contributed by atoms with van der Waals surface area (Å²) in [5, 5.41) is 0. The lowest BCUT2D eigenvalue weighted by Gasteiger charge is -2.48. The van der Waals surface area contributed by atoms with Crippen LogP contribution >= 0.6 is 0 Å². The number of rotatable bonds is 4. The summed E-state index contributed by atoms with van der Waals surface area (Å²) in [6.07, 6.45) is 7.18. The predicted molar refractivity (Wildman–Crippen MR) is 129 cm³/mol. The van der Waals surface area contributed by atoms with Gasteiger partial charge in [-0.2, -0.15) is 0 Å². The van der Waals surface area contributed by atoms with Gasteiger partial charge < -0.3 is 14.4 Å². The molecule has 35 heavy (non-hydrogen) atoms. The number of allylic oxidation sites excluding steroid dienone is 1. The fourth-order valence-electron chi connectivity index (χ4n) is 6.29. The van der Waals surface area contributed by atoms with Gasteiger partial charge in [0, 0.05) is 30.8 Å². The Kier molecular flexibility index (Phi) is 6.58. The number of esters is 1. The van der Waals surface area contributed by atoms with Crippen LogP contribution < -0.4 is 0 Å². The maximum absolute atomic E-state index is 13.6. The first-order valence-corrected chi connectivity index (χ1v) is 12.5. The van der Waals surface area contributed by atoms with Crippen LogP contribution in [0.4, 0.5) is 9.18 Å². The summed E-state index contributed by atoms with van der Waals surface area (Å²) in [7, 11) is 0. The fourth-order valence-corrected chi connectivity index (χ4v) is 6.29. The van der Waals surface area contributed by atoms with E-state index in [9.17, 15) is 14.0 Å². The van der Waals surface area contributed by atoms with E-state index < -0.39 is 0 Å². The summed E-state index contributed by atoms with van der Waals surface area (Å²) in [5.74, 6) is 0.336. The van der Waals surface area contributed by atoms with Crippen LogP contribution in [-0.4, -0.2) is 47.7 Å². The zero-order valence-corrected chi connectivity index (χ0v) is 20.1. The number of likely N-dealkylation sites (tertiary alicyclic amines) is 1. The minimum atomic E-state index is -0.274. The van der Waals surface area contributed by atoms with E-state index in [1.807, 2.05) is 38.1 Å². The van der Waals surface area contributed by atoms with Crippen LogP contribution in [0.1, 0.15) is 32.4 Å². The SMILES string of the molecule is CCOC(=O)N1CC[C@@H]2[C@H](C[C@H]3C(=O)O[C@H](C)[C@H]3[C@H]2/C=C/c2ccc(-c3cccc(F)c3)cn2)C1. The molecule has 2 aliphatic heterocycles. The molecule has 0 unspecified atom stereocenters. The third-order valence-corrected chi connectivity index (χ3v) is 7.86. The number of nitrogens with zero attached hydrogens (tertiary/aromatic N) is 2. The Hall–Kier alpha value is -3.22. The van der Waals surface area contributed by atoms with E-state index in [0.717, 1.165) is 29.7 Å². The molecule has 2 saturated heterocycles. The number of ether oxygens (including phenoxy) is 2. The smallest absolute Gasteiger partial charge is 0.409 e. The Morgan fingerprint density at radius 2 is 2.14 bits per heavy atom. The third kappa shape index (κ3) is 4.68. The van der Waals surface area contributed by atoms with Crippen LogP contribution in [0.25, 0.3) is 17.2 Å². The molecule has 6 nitrogen and oxygen atoms in total. The van der Waals surface area contributed by atoms with Gasteiger partial charge in [0.15, 0.2) is 0 Å². The topological polar surface area (TPSA) is 68.7 Å². The number of carbonyl (C=O) groups excluding carboxylic acids is 2. The normalized spacial score (nSPS) is 30.0. The number of aromatic nitrogens is 1. The standard InChI is InChI=1S/C28H31FN2O4/c1-3-34-28(33)31-12-11-23-20(16-31)14-25-26(17(2)35-27(25)32)24(23)10-9-22-8-7-19(15-30-22)18-5-4-6-21(29)13-18/h4-10,13,15,17,20,23-26H,3,11-12,14,16H2,1-2H3/b10-9+/t17-,20-,23-,24+,25-,26+/m1/s1. The highest BCUT2D eigenvalue weighted by Gasteiger charge is 2.54. The van der Waals surface area contributed by atoms with Crippen molar-refractivity contribution in [3.63, 3.8) is 0 Å². The molecule has 184 valence electrons. The largest absolute Gasteiger partial charge is 0.462 e. The zero-order valence-electron chi connectivity index (χ0n) is 20.1. The molecule has 0 radical (unpaired) electrons. The molecule has 3 fully saturated rings. The van der Waals surface area contributed by atoms with Gasteiger partial charge in [0.25, 0.3) is 0 Å². The van der Waals surface area contributed by atoms with Crippen LogP contribution in [-0.2, 0) is 14.3 Å². The number of piperidine rings is 1. The molecular formula is C28H31FN2O4. The van der Waals surface area contributed by atoms with Crippen molar-refractivity contribution in [1.82, 2.24) is 9.88 Å². The number of cyclic esters (lactones) is 1. The van der Waals surface area contributed by atoms with E-state index in [4.69, 9.17) is 9.47 Å². The van der Waals surface area contributed by atoms with Gasteiger partial charge in [-0.05, 0) is 74.3 Å². The molecule has 0 bridgehead atoms. The minimum absolute atomic E-state index is 0.120. The lowest BCUT2D eigenvalue weighted by Crippen LogP contribution is -2.51. The second-order valence-corrected chi connectivity index (χ2v) is 9.84. The maximum Gasteiger partial charge on any atom is 0.409 e. The first-order chi connectivity index (χ1) is 16.9. The van der Waals surface area contributed by atoms with Gasteiger partial charge in [0.2, 0.25) is 0 Å². The van der Waals surface area contributed by atoms with E-state index in [1.165, 1.54) is 12.1 Å². The predicted octanol–water partition coefficient (Wildman–Crippen LogP) is 5.19. The maximum atomic E-state index is 13.6. The lowest BCUT2D eigenvalue weighted by molar-refractivity contribution is -0.144. The number of benzene rings is 1. The molecule has 1 aromatic heterocycles. The molecule has 3 aliphatic rings. The summed E-state index contributed by atoms with van der Waals surface area (Å²) in [4.78, 5) is 31.3. The monoisotopic (exact) mass is 478 g/mol. The van der Waals surface area contributed by atoms with Crippen molar-refractivity contribution in [2.24, 2.45) is 29.6 Å². The fraction of sp³-hybridized carbons (Fsp3) is 0.464. The molecule has 1 amide bonds. The summed E-state index contributed by atoms with van der Waals surface area (Å²) in [6.45, 7) is 5.42. The highest BCUT2D eigenvalue weighted by molar-refractivity contribution is 5.76. The quantitative estimate of drug-likeness (QED) is 0.566. The Morgan fingerprint density at radius 3 is 2.89 bits per heavy atom. The average molecular weight is 479 g/mol. The summed E-state index contributed by atoms with van der Waals surface area (Å²) in [6, 6.07) is 10.3. The molecule has 0 N–H and O–H groups in total. The molecule has 1 aliphatic carbocycles. The van der Waals surface area contributed by atoms with Crippen LogP contribution in [0.15, 0.2) is 48.7 Å². The van der Waals surface area contributed by atoms with Gasteiger partial charge in [-0.1, -0.05) is 24.3 Å². The number of pyridine rings is 1. The Balaban J connectivity index is 1.37. The Bertz CT molecular complexity index is 1120. The van der Waals surface area contributed by atoms with Crippen molar-refractivity contribution in [3.8, 4) is 11.1 Å². The third-order valence-electron chi connectivity index (χ3n) is 7.86. The molecule has 0 spiro atoms. The van der Waals surface area contributed by atoms with Crippen molar-refractivity contribution in [3.05, 3.63) is 60.2 Å². The Morgan fingerprint density at radius 1 is 1.29 bits per heavy atom. The lowest BCUT2D eigenvalue weighted by atomic mass is 9.59. The van der Waals surface area contributed by atoms with Gasteiger partial charge >= 0.3 is 12.1 Å². The highest BCUT2D eigenvalue weighted by Crippen LogP contribution is 2.51. The zero-order chi connectivity index (χ0) is 24.5. The molecule has 1 aromatic carbocycles. The van der Waals surface area contributed by atoms with Crippen molar-refractivity contribution in [2.45, 2.75) is 32.8 Å². The number of amides is 1. The second kappa shape index (κ2) is 9.80. The number of hydrogen-bond acceptors (Lipinski definition) is 5. The number of hydrogen-bond donors (Lipinski definition) is 0. The summed E-state index contributed by atoms with van der Waals surface area (Å²) >= 11 is 0. The van der Waals surface area contributed by atoms with Crippen molar-refractivity contribution in [1.29, 1.82) is 0 Å². The number of carbonyl (C=O) groups is 2. The molecular weight excluding hydrogens is 447 g/mol. The molecule has 5 rings (SSSR count). The Labute approximate surface area is 205 Å². The van der Waals surface area contributed by atoms with Crippen molar-refractivity contribution in [2.75, 3.05) is 19.7 Å². The molecule has 6 atom stereocenters. The van der Waals surface area contributed by atoms with E-state index in [0.29, 0.717) is 25.6 Å². The summed E-state index contributed by atoms with van der Waals surface area (Å²) in [5.41, 5.74) is 2.45. The van der Waals surface area contributed by atoms with Crippen LogP contribution in [0.3, 0.4) is 0 Å². The van der Waals surface area contributed by atoms with E-state index in [-0.39, 0.29) is 47.7 Å². The van der Waals surface area contributed by atoms with Crippen molar-refractivity contribution < 1.29 is 23.5 Å². The minimum Gasteiger partial charge on any atom is -0.462 e. The number of halogens is 1. The van der Waals surface area contributed by atoms with Gasteiger partial charge in [-0.25, -0.2) is 9.18 Å². The molecule has 3 heterocycles. The van der Waals surface area contributed by atoms with E-state index in [2.05, 4.69) is 11.1 Å². The molecule has 7 heteroatoms.